The molecule has 0 amide bonds. The third-order valence-electron chi connectivity index (χ3n) is 1.96. The van der Waals surface area contributed by atoms with E-state index in [4.69, 9.17) is 5.26 Å². The molecule has 1 aromatic carbocycles. The summed E-state index contributed by atoms with van der Waals surface area (Å²) in [4.78, 5) is 11.6. The minimum absolute atomic E-state index is 0.0247. The van der Waals surface area contributed by atoms with Crippen molar-refractivity contribution < 1.29 is 4.79 Å². The zero-order valence-corrected chi connectivity index (χ0v) is 11.9. The number of ketones is 1. The van der Waals surface area contributed by atoms with Gasteiger partial charge in [0.2, 0.25) is 0 Å². The van der Waals surface area contributed by atoms with Gasteiger partial charge in [-0.15, -0.1) is 0 Å². The van der Waals surface area contributed by atoms with Gasteiger partial charge in [-0.25, -0.2) is 0 Å². The standard InChI is InChI=1S/C11H9BrINO/c1-7(12)11(15)10-3-2-9(13)6-8(10)4-5-14/h2-3,6-7H,4H2,1H3. The van der Waals surface area contributed by atoms with Crippen molar-refractivity contribution in [3.05, 3.63) is 32.9 Å². The van der Waals surface area contributed by atoms with Gasteiger partial charge in [0, 0.05) is 9.13 Å². The fraction of sp³-hybridized carbons (Fsp3) is 0.273. The minimum atomic E-state index is -0.213. The van der Waals surface area contributed by atoms with Gasteiger partial charge in [0.15, 0.2) is 5.78 Å². The molecule has 0 radical (unpaired) electrons. The van der Waals surface area contributed by atoms with Crippen molar-refractivity contribution in [2.75, 3.05) is 0 Å². The van der Waals surface area contributed by atoms with Crippen molar-refractivity contribution >= 4 is 44.3 Å². The van der Waals surface area contributed by atoms with Crippen molar-refractivity contribution in [2.45, 2.75) is 18.2 Å². The van der Waals surface area contributed by atoms with E-state index in [-0.39, 0.29) is 17.0 Å². The van der Waals surface area contributed by atoms with E-state index in [0.717, 1.165) is 9.13 Å². The van der Waals surface area contributed by atoms with E-state index < -0.39 is 0 Å². The van der Waals surface area contributed by atoms with Crippen LogP contribution in [0, 0.1) is 14.9 Å². The summed E-state index contributed by atoms with van der Waals surface area (Å²) < 4.78 is 1.04. The summed E-state index contributed by atoms with van der Waals surface area (Å²) in [5.41, 5.74) is 1.45. The van der Waals surface area contributed by atoms with Crippen LogP contribution in [-0.2, 0) is 6.42 Å². The van der Waals surface area contributed by atoms with Gasteiger partial charge >= 0.3 is 0 Å². The largest absolute Gasteiger partial charge is 0.293 e. The molecule has 0 saturated heterocycles. The Morgan fingerprint density at radius 2 is 2.33 bits per heavy atom. The number of carbonyl (C=O) groups is 1. The second-order valence-electron chi connectivity index (χ2n) is 3.12. The zero-order valence-electron chi connectivity index (χ0n) is 8.13. The van der Waals surface area contributed by atoms with Crippen LogP contribution in [0.1, 0.15) is 22.8 Å². The summed E-state index contributed by atoms with van der Waals surface area (Å²) in [5, 5.41) is 8.68. The molecule has 0 heterocycles. The SMILES string of the molecule is CC(Br)C(=O)c1ccc(I)cc1CC#N. The molecule has 0 saturated carbocycles. The molecule has 1 atom stereocenters. The summed E-state index contributed by atoms with van der Waals surface area (Å²) in [6.07, 6.45) is 0.275. The molecular formula is C11H9BrINO. The second kappa shape index (κ2) is 5.61. The molecule has 15 heavy (non-hydrogen) atoms. The molecule has 2 nitrogen and oxygen atoms in total. The summed E-state index contributed by atoms with van der Waals surface area (Å²) >= 11 is 5.42. The van der Waals surface area contributed by atoms with Crippen LogP contribution in [0.2, 0.25) is 0 Å². The highest BCUT2D eigenvalue weighted by Crippen LogP contribution is 2.18. The molecule has 0 aliphatic rings. The van der Waals surface area contributed by atoms with Gasteiger partial charge in [-0.2, -0.15) is 5.26 Å². The maximum atomic E-state index is 11.8. The van der Waals surface area contributed by atoms with Gasteiger partial charge in [0.25, 0.3) is 0 Å². The topological polar surface area (TPSA) is 40.9 Å². The Labute approximate surface area is 111 Å². The lowest BCUT2D eigenvalue weighted by molar-refractivity contribution is 0.0995. The van der Waals surface area contributed by atoms with Gasteiger partial charge in [-0.05, 0) is 47.2 Å². The summed E-state index contributed by atoms with van der Waals surface area (Å²) in [6, 6.07) is 7.62. The highest BCUT2D eigenvalue weighted by molar-refractivity contribution is 14.1. The van der Waals surface area contributed by atoms with E-state index in [9.17, 15) is 4.79 Å². The lowest BCUT2D eigenvalue weighted by atomic mass is 10.0. The monoisotopic (exact) mass is 377 g/mol. The van der Waals surface area contributed by atoms with Crippen molar-refractivity contribution in [3.8, 4) is 6.07 Å². The fourth-order valence-electron chi connectivity index (χ4n) is 1.25. The molecule has 78 valence electrons. The van der Waals surface area contributed by atoms with Crippen LogP contribution in [0.25, 0.3) is 0 Å². The molecule has 1 rings (SSSR count). The smallest absolute Gasteiger partial charge is 0.176 e. The van der Waals surface area contributed by atoms with E-state index in [1.807, 2.05) is 12.1 Å². The Bertz CT molecular complexity index is 423. The Morgan fingerprint density at radius 1 is 1.67 bits per heavy atom. The third-order valence-corrected chi connectivity index (χ3v) is 3.05. The zero-order chi connectivity index (χ0) is 11.4. The molecule has 0 aliphatic carbocycles. The van der Waals surface area contributed by atoms with Crippen molar-refractivity contribution in [1.29, 1.82) is 5.26 Å². The number of hydrogen-bond donors (Lipinski definition) is 0. The molecule has 0 N–H and O–H groups in total. The highest BCUT2D eigenvalue weighted by Gasteiger charge is 2.15. The van der Waals surface area contributed by atoms with Crippen molar-refractivity contribution in [2.24, 2.45) is 0 Å². The van der Waals surface area contributed by atoms with E-state index in [1.165, 1.54) is 0 Å². The van der Waals surface area contributed by atoms with Crippen LogP contribution < -0.4 is 0 Å². The first-order valence-electron chi connectivity index (χ1n) is 4.40. The average Bonchev–Trinajstić information content (AvgIpc) is 2.17. The van der Waals surface area contributed by atoms with Gasteiger partial charge in [0.1, 0.15) is 0 Å². The molecular weight excluding hydrogens is 369 g/mol. The minimum Gasteiger partial charge on any atom is -0.293 e. The number of halogens is 2. The lowest BCUT2D eigenvalue weighted by Gasteiger charge is -2.07. The van der Waals surface area contributed by atoms with Crippen LogP contribution in [0.5, 0.6) is 0 Å². The molecule has 1 unspecified atom stereocenters. The first-order valence-corrected chi connectivity index (χ1v) is 6.39. The highest BCUT2D eigenvalue weighted by atomic mass is 127. The van der Waals surface area contributed by atoms with Gasteiger partial charge in [-0.3, -0.25) is 4.79 Å². The average molecular weight is 378 g/mol. The van der Waals surface area contributed by atoms with E-state index in [1.54, 1.807) is 13.0 Å². The van der Waals surface area contributed by atoms with E-state index >= 15 is 0 Å². The van der Waals surface area contributed by atoms with Crippen LogP contribution >= 0.6 is 38.5 Å². The van der Waals surface area contributed by atoms with E-state index in [2.05, 4.69) is 44.6 Å². The maximum absolute atomic E-state index is 11.8. The Morgan fingerprint density at radius 3 is 2.87 bits per heavy atom. The van der Waals surface area contributed by atoms with Gasteiger partial charge in [-0.1, -0.05) is 22.0 Å². The summed E-state index contributed by atoms with van der Waals surface area (Å²) in [7, 11) is 0. The molecule has 0 spiro atoms. The summed E-state index contributed by atoms with van der Waals surface area (Å²) in [5.74, 6) is 0.0247. The molecule has 0 aliphatic heterocycles. The van der Waals surface area contributed by atoms with Crippen LogP contribution in [-0.4, -0.2) is 10.6 Å². The normalized spacial score (nSPS) is 11.9. The van der Waals surface area contributed by atoms with Gasteiger partial charge < -0.3 is 0 Å². The fourth-order valence-corrected chi connectivity index (χ4v) is 2.05. The third kappa shape index (κ3) is 3.28. The van der Waals surface area contributed by atoms with Crippen LogP contribution in [0.4, 0.5) is 0 Å². The predicted molar refractivity (Wildman–Crippen MR) is 71.2 cm³/mol. The number of alkyl halides is 1. The Hall–Kier alpha value is -0.410. The van der Waals surface area contributed by atoms with Crippen molar-refractivity contribution in [1.82, 2.24) is 0 Å². The molecule has 0 aromatic heterocycles. The first kappa shape index (κ1) is 12.7. The Kier molecular flexibility index (Phi) is 4.74. The van der Waals surface area contributed by atoms with Crippen LogP contribution in [0.3, 0.4) is 0 Å². The lowest BCUT2D eigenvalue weighted by Crippen LogP contribution is -2.12. The number of nitriles is 1. The molecule has 1 aromatic rings. The number of rotatable bonds is 3. The summed E-state index contributed by atoms with van der Waals surface area (Å²) in [6.45, 7) is 1.79. The Balaban J connectivity index is 3.17. The first-order chi connectivity index (χ1) is 7.06. The van der Waals surface area contributed by atoms with Gasteiger partial charge in [0.05, 0.1) is 17.3 Å². The van der Waals surface area contributed by atoms with Crippen molar-refractivity contribution in [3.63, 3.8) is 0 Å². The van der Waals surface area contributed by atoms with E-state index in [0.29, 0.717) is 5.56 Å². The number of carbonyl (C=O) groups excluding carboxylic acids is 1. The molecule has 4 heteroatoms. The second-order valence-corrected chi connectivity index (χ2v) is 5.74. The molecule has 0 fully saturated rings. The number of nitrogens with zero attached hydrogens (tertiary/aromatic N) is 1. The number of Topliss-reactive ketones (excluding diaryl/α,β-unsaturated/α-hetero) is 1. The molecule has 0 bridgehead atoms. The number of benzene rings is 1. The predicted octanol–water partition coefficient (Wildman–Crippen LogP) is 3.32. The number of hydrogen-bond acceptors (Lipinski definition) is 2. The van der Waals surface area contributed by atoms with Crippen LogP contribution in [0.15, 0.2) is 18.2 Å². The quantitative estimate of drug-likeness (QED) is 0.460. The maximum Gasteiger partial charge on any atom is 0.176 e.